The predicted molar refractivity (Wildman–Crippen MR) is 62.4 cm³/mol. The van der Waals surface area contributed by atoms with Crippen LogP contribution in [-0.4, -0.2) is 16.4 Å². The van der Waals surface area contributed by atoms with E-state index in [1.54, 1.807) is 6.26 Å². The van der Waals surface area contributed by atoms with E-state index in [4.69, 9.17) is 4.42 Å². The van der Waals surface area contributed by atoms with Crippen molar-refractivity contribution in [2.75, 3.05) is 0 Å². The van der Waals surface area contributed by atoms with Gasteiger partial charge in [-0.25, -0.2) is 4.63 Å². The first-order chi connectivity index (χ1) is 8.25. The lowest BCUT2D eigenvalue weighted by atomic mass is 10.1. The molecule has 0 aliphatic heterocycles. The minimum Gasteiger partial charge on any atom is -0.469 e. The van der Waals surface area contributed by atoms with Gasteiger partial charge in [0, 0.05) is 19.0 Å². The van der Waals surface area contributed by atoms with Gasteiger partial charge >= 0.3 is 0 Å². The minimum atomic E-state index is 0.399. The van der Waals surface area contributed by atoms with E-state index >= 15 is 0 Å². The third-order valence-electron chi connectivity index (χ3n) is 2.77. The molecule has 0 radical (unpaired) electrons. The maximum Gasteiger partial charge on any atom is 0.121 e. The zero-order valence-corrected chi connectivity index (χ0v) is 10.1. The van der Waals surface area contributed by atoms with E-state index < -0.39 is 0 Å². The Morgan fingerprint density at radius 2 is 2.29 bits per heavy atom. The minimum absolute atomic E-state index is 0.399. The molecular formula is C12H17N3O2. The maximum absolute atomic E-state index is 5.29. The second-order valence-electron chi connectivity index (χ2n) is 4.20. The predicted octanol–water partition coefficient (Wildman–Crippen LogP) is 2.08. The Labute approximate surface area is 100 Å². The van der Waals surface area contributed by atoms with Crippen molar-refractivity contribution in [2.24, 2.45) is 0 Å². The van der Waals surface area contributed by atoms with E-state index in [1.165, 1.54) is 0 Å². The molecule has 0 aliphatic carbocycles. The summed E-state index contributed by atoms with van der Waals surface area (Å²) >= 11 is 0. The maximum atomic E-state index is 5.29. The van der Waals surface area contributed by atoms with E-state index in [0.29, 0.717) is 12.6 Å². The van der Waals surface area contributed by atoms with Crippen LogP contribution in [0, 0.1) is 6.92 Å². The molecule has 0 saturated heterocycles. The molecule has 0 amide bonds. The van der Waals surface area contributed by atoms with Gasteiger partial charge in [0.05, 0.1) is 6.26 Å². The molecule has 0 aliphatic rings. The molecule has 92 valence electrons. The molecule has 1 unspecified atom stereocenters. The van der Waals surface area contributed by atoms with E-state index in [9.17, 15) is 0 Å². The fourth-order valence-corrected chi connectivity index (χ4v) is 1.60. The quantitative estimate of drug-likeness (QED) is 0.830. The normalized spacial score (nSPS) is 12.8. The van der Waals surface area contributed by atoms with Crippen molar-refractivity contribution in [1.29, 1.82) is 0 Å². The smallest absolute Gasteiger partial charge is 0.121 e. The second kappa shape index (κ2) is 5.63. The topological polar surface area (TPSA) is 64.1 Å². The first kappa shape index (κ1) is 11.9. The van der Waals surface area contributed by atoms with Gasteiger partial charge in [0.15, 0.2) is 0 Å². The molecule has 0 saturated carbocycles. The molecule has 1 N–H and O–H groups in total. The van der Waals surface area contributed by atoms with Gasteiger partial charge in [-0.1, -0.05) is 10.3 Å². The molecule has 0 spiro atoms. The van der Waals surface area contributed by atoms with Gasteiger partial charge in [0.2, 0.25) is 0 Å². The number of nitrogens with one attached hydrogen (secondary N) is 1. The van der Waals surface area contributed by atoms with Crippen LogP contribution in [0.4, 0.5) is 0 Å². The van der Waals surface area contributed by atoms with Crippen LogP contribution < -0.4 is 5.32 Å². The molecule has 0 aromatic carbocycles. The van der Waals surface area contributed by atoms with Crippen LogP contribution in [-0.2, 0) is 13.0 Å². The van der Waals surface area contributed by atoms with Gasteiger partial charge in [-0.05, 0) is 32.4 Å². The molecule has 2 aromatic rings. The highest BCUT2D eigenvalue weighted by molar-refractivity contribution is 5.04. The monoisotopic (exact) mass is 235 g/mol. The van der Waals surface area contributed by atoms with Crippen LogP contribution in [0.25, 0.3) is 0 Å². The zero-order valence-electron chi connectivity index (χ0n) is 10.1. The molecular weight excluding hydrogens is 218 g/mol. The van der Waals surface area contributed by atoms with Gasteiger partial charge < -0.3 is 9.73 Å². The van der Waals surface area contributed by atoms with Crippen LogP contribution in [0.5, 0.6) is 0 Å². The number of nitrogens with zero attached hydrogens (tertiary/aromatic N) is 2. The van der Waals surface area contributed by atoms with Crippen molar-refractivity contribution in [3.63, 3.8) is 0 Å². The van der Waals surface area contributed by atoms with Crippen molar-refractivity contribution in [2.45, 2.75) is 39.3 Å². The van der Waals surface area contributed by atoms with E-state index in [-0.39, 0.29) is 0 Å². The van der Waals surface area contributed by atoms with Gasteiger partial charge in [-0.15, -0.1) is 0 Å². The number of hydrogen-bond acceptors (Lipinski definition) is 5. The van der Waals surface area contributed by atoms with E-state index in [1.807, 2.05) is 19.1 Å². The van der Waals surface area contributed by atoms with Crippen LogP contribution in [0.3, 0.4) is 0 Å². The van der Waals surface area contributed by atoms with Crippen molar-refractivity contribution < 1.29 is 9.05 Å². The third-order valence-corrected chi connectivity index (χ3v) is 2.77. The zero-order chi connectivity index (χ0) is 12.1. The summed E-state index contributed by atoms with van der Waals surface area (Å²) in [5, 5.41) is 11.0. The fourth-order valence-electron chi connectivity index (χ4n) is 1.60. The number of rotatable bonds is 6. The molecule has 2 rings (SSSR count). The second-order valence-corrected chi connectivity index (χ2v) is 4.20. The summed E-state index contributed by atoms with van der Waals surface area (Å²) in [4.78, 5) is 0. The number of aromatic nitrogens is 2. The average Bonchev–Trinajstić information content (AvgIpc) is 2.95. The molecule has 0 bridgehead atoms. The molecule has 2 aromatic heterocycles. The highest BCUT2D eigenvalue weighted by Gasteiger charge is 2.08. The Balaban J connectivity index is 1.71. The van der Waals surface area contributed by atoms with Gasteiger partial charge in [0.1, 0.15) is 17.1 Å². The van der Waals surface area contributed by atoms with E-state index in [0.717, 1.165) is 30.0 Å². The number of furan rings is 1. The molecule has 5 heteroatoms. The summed E-state index contributed by atoms with van der Waals surface area (Å²) < 4.78 is 9.93. The van der Waals surface area contributed by atoms with Crippen LogP contribution in [0.15, 0.2) is 27.4 Å². The van der Waals surface area contributed by atoms with Crippen LogP contribution >= 0.6 is 0 Å². The Kier molecular flexibility index (Phi) is 3.93. The summed E-state index contributed by atoms with van der Waals surface area (Å²) in [6.45, 7) is 4.72. The lowest BCUT2D eigenvalue weighted by Gasteiger charge is -2.11. The van der Waals surface area contributed by atoms with Crippen molar-refractivity contribution >= 4 is 0 Å². The van der Waals surface area contributed by atoms with Crippen molar-refractivity contribution in [1.82, 2.24) is 15.6 Å². The summed E-state index contributed by atoms with van der Waals surface area (Å²) in [6, 6.07) is 4.31. The lowest BCUT2D eigenvalue weighted by Crippen LogP contribution is -2.26. The summed E-state index contributed by atoms with van der Waals surface area (Å²) in [5.74, 6) is 1.03. The highest BCUT2D eigenvalue weighted by atomic mass is 16.6. The molecule has 2 heterocycles. The van der Waals surface area contributed by atoms with Crippen molar-refractivity contribution in [3.8, 4) is 0 Å². The fraction of sp³-hybridized carbons (Fsp3) is 0.500. The Morgan fingerprint density at radius 1 is 1.41 bits per heavy atom. The SMILES string of the molecule is Cc1nonc1CNC(C)CCc1ccco1. The third kappa shape index (κ3) is 3.42. The highest BCUT2D eigenvalue weighted by Crippen LogP contribution is 2.06. The lowest BCUT2D eigenvalue weighted by molar-refractivity contribution is 0.299. The van der Waals surface area contributed by atoms with E-state index in [2.05, 4.69) is 27.2 Å². The number of aryl methyl sites for hydroxylation is 2. The summed E-state index contributed by atoms with van der Waals surface area (Å²) in [7, 11) is 0. The first-order valence-electron chi connectivity index (χ1n) is 5.79. The standard InChI is InChI=1S/C12H17N3O2/c1-9(5-6-11-4-3-7-16-11)13-8-12-10(2)14-17-15-12/h3-4,7,9,13H,5-6,8H2,1-2H3. The Hall–Kier alpha value is -1.62. The molecule has 0 fully saturated rings. The van der Waals surface area contributed by atoms with Gasteiger partial charge in [0.25, 0.3) is 0 Å². The summed E-state index contributed by atoms with van der Waals surface area (Å²) in [5.41, 5.74) is 1.71. The molecule has 5 nitrogen and oxygen atoms in total. The Bertz CT molecular complexity index is 436. The van der Waals surface area contributed by atoms with Gasteiger partial charge in [-0.3, -0.25) is 0 Å². The first-order valence-corrected chi connectivity index (χ1v) is 5.79. The molecule has 1 atom stereocenters. The van der Waals surface area contributed by atoms with Crippen LogP contribution in [0.2, 0.25) is 0 Å². The number of hydrogen-bond donors (Lipinski definition) is 1. The summed E-state index contributed by atoms with van der Waals surface area (Å²) in [6.07, 6.45) is 3.67. The molecule has 17 heavy (non-hydrogen) atoms. The van der Waals surface area contributed by atoms with Crippen LogP contribution in [0.1, 0.15) is 30.5 Å². The van der Waals surface area contributed by atoms with Crippen molar-refractivity contribution in [3.05, 3.63) is 35.5 Å². The average molecular weight is 235 g/mol. The largest absolute Gasteiger partial charge is 0.469 e. The van der Waals surface area contributed by atoms with Gasteiger partial charge in [-0.2, -0.15) is 0 Å². The Morgan fingerprint density at radius 3 is 2.94 bits per heavy atom.